The van der Waals surface area contributed by atoms with E-state index >= 15 is 0 Å². The number of amides is 1. The van der Waals surface area contributed by atoms with Crippen LogP contribution in [0, 0.1) is 5.82 Å². The number of ether oxygens (including phenoxy) is 2. The Morgan fingerprint density at radius 2 is 1.83 bits per heavy atom. The monoisotopic (exact) mass is 337 g/mol. The van der Waals surface area contributed by atoms with E-state index in [0.29, 0.717) is 34.1 Å². The maximum absolute atomic E-state index is 13.6. The summed E-state index contributed by atoms with van der Waals surface area (Å²) >= 11 is 5.85. The van der Waals surface area contributed by atoms with Crippen molar-refractivity contribution in [3.8, 4) is 11.5 Å². The van der Waals surface area contributed by atoms with Crippen molar-refractivity contribution in [1.29, 1.82) is 0 Å². The van der Waals surface area contributed by atoms with Gasteiger partial charge in [-0.2, -0.15) is 0 Å². The van der Waals surface area contributed by atoms with Gasteiger partial charge in [-0.25, -0.2) is 4.39 Å². The maximum atomic E-state index is 13.6. The van der Waals surface area contributed by atoms with Gasteiger partial charge in [-0.3, -0.25) is 4.79 Å². The highest BCUT2D eigenvalue weighted by molar-refractivity contribution is 6.30. The maximum Gasteiger partial charge on any atom is 0.258 e. The summed E-state index contributed by atoms with van der Waals surface area (Å²) < 4.78 is 24.0. The Bertz CT molecular complexity index is 684. The van der Waals surface area contributed by atoms with Gasteiger partial charge in [-0.05, 0) is 42.3 Å². The molecule has 0 aromatic heterocycles. The predicted octanol–water partition coefficient (Wildman–Crippen LogP) is 3.47. The predicted molar refractivity (Wildman–Crippen MR) is 87.0 cm³/mol. The van der Waals surface area contributed by atoms with Crippen LogP contribution in [-0.4, -0.2) is 26.7 Å². The van der Waals surface area contributed by atoms with Crippen molar-refractivity contribution < 1.29 is 18.7 Å². The molecule has 1 amide bonds. The van der Waals surface area contributed by atoms with E-state index in [-0.39, 0.29) is 18.3 Å². The van der Waals surface area contributed by atoms with E-state index in [4.69, 9.17) is 21.1 Å². The van der Waals surface area contributed by atoms with Gasteiger partial charge in [0.05, 0.1) is 14.2 Å². The van der Waals surface area contributed by atoms with Crippen molar-refractivity contribution in [2.24, 2.45) is 0 Å². The van der Waals surface area contributed by atoms with Crippen LogP contribution in [-0.2, 0) is 6.42 Å². The number of carbonyl (C=O) groups is 1. The minimum absolute atomic E-state index is 0.261. The lowest BCUT2D eigenvalue weighted by Gasteiger charge is -2.13. The van der Waals surface area contributed by atoms with Gasteiger partial charge < -0.3 is 14.8 Å². The third kappa shape index (κ3) is 4.13. The molecule has 1 N–H and O–H groups in total. The Morgan fingerprint density at radius 3 is 2.43 bits per heavy atom. The number of hydrogen-bond acceptors (Lipinski definition) is 3. The van der Waals surface area contributed by atoms with Crippen molar-refractivity contribution in [3.05, 3.63) is 58.4 Å². The van der Waals surface area contributed by atoms with Crippen molar-refractivity contribution in [3.63, 3.8) is 0 Å². The highest BCUT2D eigenvalue weighted by Crippen LogP contribution is 2.27. The smallest absolute Gasteiger partial charge is 0.258 e. The van der Waals surface area contributed by atoms with Gasteiger partial charge in [-0.1, -0.05) is 17.7 Å². The molecule has 2 aromatic rings. The summed E-state index contributed by atoms with van der Waals surface area (Å²) in [5.41, 5.74) is 0.758. The van der Waals surface area contributed by atoms with Gasteiger partial charge >= 0.3 is 0 Å². The fourth-order valence-electron chi connectivity index (χ4n) is 2.21. The zero-order valence-corrected chi connectivity index (χ0v) is 13.6. The lowest BCUT2D eigenvalue weighted by molar-refractivity contribution is 0.0947. The molecule has 0 saturated carbocycles. The average molecular weight is 338 g/mol. The summed E-state index contributed by atoms with van der Waals surface area (Å²) in [4.78, 5) is 12.4. The molecule has 2 aromatic carbocycles. The van der Waals surface area contributed by atoms with Crippen LogP contribution >= 0.6 is 11.6 Å². The van der Waals surface area contributed by atoms with Crippen LogP contribution in [0.5, 0.6) is 11.5 Å². The molecule has 23 heavy (non-hydrogen) atoms. The van der Waals surface area contributed by atoms with Crippen LogP contribution in [0.15, 0.2) is 36.4 Å². The first-order valence-corrected chi connectivity index (χ1v) is 7.37. The Hall–Kier alpha value is -2.27. The van der Waals surface area contributed by atoms with Crippen LogP contribution in [0.4, 0.5) is 4.39 Å². The minimum Gasteiger partial charge on any atom is -0.496 e. The molecule has 6 heteroatoms. The Morgan fingerprint density at radius 1 is 1.17 bits per heavy atom. The van der Waals surface area contributed by atoms with Crippen molar-refractivity contribution in [2.45, 2.75) is 6.42 Å². The largest absolute Gasteiger partial charge is 0.496 e. The number of nitrogens with one attached hydrogen (secondary N) is 1. The Labute approximate surface area is 139 Å². The van der Waals surface area contributed by atoms with Crippen LogP contribution in [0.25, 0.3) is 0 Å². The SMILES string of the molecule is COc1cccc(OC)c1C(=O)NCCc1cc(Cl)ccc1F. The van der Waals surface area contributed by atoms with Crippen molar-refractivity contribution in [1.82, 2.24) is 5.32 Å². The second kappa shape index (κ2) is 7.83. The molecular formula is C17H17ClFNO3. The fraction of sp³-hybridized carbons (Fsp3) is 0.235. The molecule has 0 bridgehead atoms. The molecule has 0 spiro atoms. The standard InChI is InChI=1S/C17H17ClFNO3/c1-22-14-4-3-5-15(23-2)16(14)17(21)20-9-8-11-10-12(18)6-7-13(11)19/h3-7,10H,8-9H2,1-2H3,(H,20,21). The second-order valence-corrected chi connectivity index (χ2v) is 5.22. The zero-order valence-electron chi connectivity index (χ0n) is 12.9. The number of carbonyl (C=O) groups excluding carboxylic acids is 1. The molecule has 122 valence electrons. The van der Waals surface area contributed by atoms with E-state index in [9.17, 15) is 9.18 Å². The molecule has 0 heterocycles. The molecule has 0 unspecified atom stereocenters. The molecular weight excluding hydrogens is 321 g/mol. The first-order valence-electron chi connectivity index (χ1n) is 7.00. The van der Waals surface area contributed by atoms with Gasteiger partial charge in [0, 0.05) is 11.6 Å². The van der Waals surface area contributed by atoms with Gasteiger partial charge in [0.25, 0.3) is 5.91 Å². The van der Waals surface area contributed by atoms with Gasteiger partial charge in [0.1, 0.15) is 22.9 Å². The van der Waals surface area contributed by atoms with Gasteiger partial charge in [0.15, 0.2) is 0 Å². The van der Waals surface area contributed by atoms with E-state index in [0.717, 1.165) is 0 Å². The number of halogens is 2. The van der Waals surface area contributed by atoms with E-state index in [1.54, 1.807) is 24.3 Å². The molecule has 0 aliphatic heterocycles. The third-order valence-electron chi connectivity index (χ3n) is 3.34. The van der Waals surface area contributed by atoms with Gasteiger partial charge in [0.2, 0.25) is 0 Å². The quantitative estimate of drug-likeness (QED) is 0.878. The molecule has 0 aliphatic rings. The first-order chi connectivity index (χ1) is 11.1. The molecule has 0 atom stereocenters. The highest BCUT2D eigenvalue weighted by Gasteiger charge is 2.17. The van der Waals surface area contributed by atoms with Crippen LogP contribution in [0.1, 0.15) is 15.9 Å². The summed E-state index contributed by atoms with van der Waals surface area (Å²) in [5.74, 6) is 0.131. The summed E-state index contributed by atoms with van der Waals surface area (Å²) in [7, 11) is 2.96. The van der Waals surface area contributed by atoms with Gasteiger partial charge in [-0.15, -0.1) is 0 Å². The number of hydrogen-bond donors (Lipinski definition) is 1. The summed E-state index contributed by atoms with van der Waals surface area (Å²) in [6.45, 7) is 0.261. The average Bonchev–Trinajstić information content (AvgIpc) is 2.56. The Balaban J connectivity index is 2.07. The van der Waals surface area contributed by atoms with E-state index in [2.05, 4.69) is 5.32 Å². The van der Waals surface area contributed by atoms with E-state index in [1.807, 2.05) is 0 Å². The number of methoxy groups -OCH3 is 2. The summed E-state index contributed by atoms with van der Waals surface area (Å²) in [6.07, 6.45) is 0.329. The summed E-state index contributed by atoms with van der Waals surface area (Å²) in [5, 5.41) is 3.19. The molecule has 0 aliphatic carbocycles. The number of benzene rings is 2. The van der Waals surface area contributed by atoms with Crippen molar-refractivity contribution >= 4 is 17.5 Å². The minimum atomic E-state index is -0.349. The lowest BCUT2D eigenvalue weighted by Crippen LogP contribution is -2.26. The second-order valence-electron chi connectivity index (χ2n) is 4.78. The Kier molecular flexibility index (Phi) is 5.82. The zero-order chi connectivity index (χ0) is 16.8. The molecule has 0 radical (unpaired) electrons. The van der Waals surface area contributed by atoms with Crippen LogP contribution in [0.3, 0.4) is 0 Å². The molecule has 0 fully saturated rings. The van der Waals surface area contributed by atoms with Crippen LogP contribution in [0.2, 0.25) is 5.02 Å². The fourth-order valence-corrected chi connectivity index (χ4v) is 2.40. The van der Waals surface area contributed by atoms with E-state index in [1.165, 1.54) is 26.4 Å². The first kappa shape index (κ1) is 17.1. The third-order valence-corrected chi connectivity index (χ3v) is 3.58. The lowest BCUT2D eigenvalue weighted by atomic mass is 10.1. The molecule has 0 saturated heterocycles. The van der Waals surface area contributed by atoms with E-state index < -0.39 is 0 Å². The molecule has 2 rings (SSSR count). The summed E-state index contributed by atoms with van der Waals surface area (Å²) in [6, 6.07) is 9.42. The van der Waals surface area contributed by atoms with Crippen molar-refractivity contribution in [2.75, 3.05) is 20.8 Å². The number of rotatable bonds is 6. The highest BCUT2D eigenvalue weighted by atomic mass is 35.5. The van der Waals surface area contributed by atoms with Crippen LogP contribution < -0.4 is 14.8 Å². The normalized spacial score (nSPS) is 10.3. The topological polar surface area (TPSA) is 47.6 Å². The molecule has 4 nitrogen and oxygen atoms in total.